The van der Waals surface area contributed by atoms with Crippen LogP contribution in [0.15, 0.2) is 11.6 Å². The van der Waals surface area contributed by atoms with E-state index >= 15 is 0 Å². The lowest BCUT2D eigenvalue weighted by atomic mass is 10.0. The zero-order chi connectivity index (χ0) is 22.9. The highest BCUT2D eigenvalue weighted by molar-refractivity contribution is 8.14. The molecule has 2 heterocycles. The Balaban J connectivity index is 2.31. The van der Waals surface area contributed by atoms with E-state index < -0.39 is 38.6 Å². The number of hydrogen-bond donors (Lipinski definition) is 0. The summed E-state index contributed by atoms with van der Waals surface area (Å²) in [5, 5.41) is -0.346. The number of carbonyl (C=O) groups excluding carboxylic acids is 2. The minimum absolute atomic E-state index is 0.0331. The smallest absolute Gasteiger partial charge is 0.330 e. The number of esters is 1. The van der Waals surface area contributed by atoms with E-state index in [1.54, 1.807) is 20.8 Å². The molecule has 0 aromatic carbocycles. The Morgan fingerprint density at radius 2 is 1.90 bits per heavy atom. The molecule has 0 bridgehead atoms. The molecule has 0 spiro atoms. The predicted octanol–water partition coefficient (Wildman–Crippen LogP) is 4.02. The molecule has 9 heteroatoms. The first-order valence-electron chi connectivity index (χ1n) is 10.4. The fourth-order valence-electron chi connectivity index (χ4n) is 3.13. The van der Waals surface area contributed by atoms with Crippen molar-refractivity contribution in [3.63, 3.8) is 0 Å². The number of carbonyl (C=O) groups is 2. The molecule has 4 atom stereocenters. The molecule has 2 aliphatic rings. The van der Waals surface area contributed by atoms with Crippen molar-refractivity contribution in [2.24, 2.45) is 0 Å². The maximum Gasteiger partial charge on any atom is 0.330 e. The molecule has 7 nitrogen and oxygen atoms in total. The average Bonchev–Trinajstić information content (AvgIpc) is 3.03. The van der Waals surface area contributed by atoms with Crippen molar-refractivity contribution >= 4 is 31.2 Å². The first kappa shape index (κ1) is 25.5. The molecule has 172 valence electrons. The van der Waals surface area contributed by atoms with Crippen LogP contribution in [0.1, 0.15) is 48.5 Å². The van der Waals surface area contributed by atoms with Gasteiger partial charge in [-0.05, 0) is 38.9 Å². The van der Waals surface area contributed by atoms with E-state index in [2.05, 4.69) is 33.9 Å². The van der Waals surface area contributed by atoms with Gasteiger partial charge >= 0.3 is 5.97 Å². The van der Waals surface area contributed by atoms with Gasteiger partial charge in [-0.3, -0.25) is 4.79 Å². The van der Waals surface area contributed by atoms with E-state index in [4.69, 9.17) is 23.4 Å². The zero-order valence-electron chi connectivity index (χ0n) is 19.6. The van der Waals surface area contributed by atoms with Crippen molar-refractivity contribution < 1.29 is 33.0 Å². The van der Waals surface area contributed by atoms with E-state index in [1.165, 1.54) is 13.0 Å². The second-order valence-electron chi connectivity index (χ2n) is 9.60. The van der Waals surface area contributed by atoms with E-state index in [0.717, 1.165) is 11.8 Å². The quantitative estimate of drug-likeness (QED) is 0.320. The molecule has 0 aromatic rings. The molecular weight excluding hydrogens is 424 g/mol. The minimum Gasteiger partial charge on any atom is -0.463 e. The van der Waals surface area contributed by atoms with Gasteiger partial charge in [-0.2, -0.15) is 0 Å². The normalized spacial score (nSPS) is 28.4. The highest BCUT2D eigenvalue weighted by atomic mass is 32.2. The summed E-state index contributed by atoms with van der Waals surface area (Å²) >= 11 is 1.16. The van der Waals surface area contributed by atoms with Crippen molar-refractivity contribution in [1.82, 2.24) is 0 Å². The Kier molecular flexibility index (Phi) is 8.02. The first-order valence-corrected chi connectivity index (χ1v) is 14.2. The molecule has 2 fully saturated rings. The topological polar surface area (TPSA) is 80.3 Å². The van der Waals surface area contributed by atoms with E-state index in [1.807, 2.05) is 0 Å². The molecule has 0 N–H and O–H groups in total. The van der Waals surface area contributed by atoms with Crippen molar-refractivity contribution in [2.45, 2.75) is 96.1 Å². The Bertz CT molecular complexity index is 683. The first-order chi connectivity index (χ1) is 13.7. The van der Waals surface area contributed by atoms with Crippen LogP contribution in [-0.2, 0) is 33.0 Å². The van der Waals surface area contributed by atoms with Crippen LogP contribution in [0.5, 0.6) is 0 Å². The van der Waals surface area contributed by atoms with Crippen LogP contribution in [0.3, 0.4) is 0 Å². The standard InChI is InChI=1S/C21H36O7SSi/c1-10-24-16(23)11-14-17(26-19-18(14)27-21(6,7)28-19)15(29-13(2)22)12-25-30(8,9)20(3,4)5/h11,15,17-19H,10,12H2,1-9H3/b14-11-/t15-,17+,18-,19-/m1/s1. The van der Waals surface area contributed by atoms with Gasteiger partial charge in [0.25, 0.3) is 0 Å². The maximum absolute atomic E-state index is 12.2. The SMILES string of the molecule is CCOC(=O)/C=C1\[C@H]2OC(C)(C)O[C@H]2O[C@@H]1[C@@H](CO[Si](C)(C)C(C)(C)C)SC(C)=O. The summed E-state index contributed by atoms with van der Waals surface area (Å²) in [6.07, 6.45) is -0.311. The monoisotopic (exact) mass is 460 g/mol. The second-order valence-corrected chi connectivity index (χ2v) is 15.8. The predicted molar refractivity (Wildman–Crippen MR) is 119 cm³/mol. The van der Waals surface area contributed by atoms with Crippen molar-refractivity contribution in [2.75, 3.05) is 13.2 Å². The maximum atomic E-state index is 12.2. The van der Waals surface area contributed by atoms with Gasteiger partial charge in [0, 0.05) is 25.2 Å². The largest absolute Gasteiger partial charge is 0.463 e. The molecule has 0 unspecified atom stereocenters. The van der Waals surface area contributed by atoms with Gasteiger partial charge in [0.15, 0.2) is 25.5 Å². The molecule has 30 heavy (non-hydrogen) atoms. The van der Waals surface area contributed by atoms with Crippen LogP contribution >= 0.6 is 11.8 Å². The molecule has 0 amide bonds. The molecular formula is C21H36O7SSi. The van der Waals surface area contributed by atoms with Crippen molar-refractivity contribution in [3.8, 4) is 0 Å². The molecule has 0 aromatic heterocycles. The minimum atomic E-state index is -2.04. The molecule has 0 aliphatic carbocycles. The summed E-state index contributed by atoms with van der Waals surface area (Å²) in [5.41, 5.74) is 0.626. The highest BCUT2D eigenvalue weighted by Crippen LogP contribution is 2.44. The van der Waals surface area contributed by atoms with Crippen LogP contribution in [0.25, 0.3) is 0 Å². The Morgan fingerprint density at radius 1 is 1.27 bits per heavy atom. The van der Waals surface area contributed by atoms with Crippen LogP contribution in [0.2, 0.25) is 18.1 Å². The van der Waals surface area contributed by atoms with Crippen LogP contribution < -0.4 is 0 Å². The van der Waals surface area contributed by atoms with Gasteiger partial charge in [0.1, 0.15) is 6.10 Å². The Labute approximate surface area is 185 Å². The molecule has 2 saturated heterocycles. The number of fused-ring (bicyclic) bond motifs is 1. The lowest BCUT2D eigenvalue weighted by Crippen LogP contribution is -2.44. The molecule has 2 aliphatic heterocycles. The lowest BCUT2D eigenvalue weighted by Gasteiger charge is -2.38. The number of ether oxygens (including phenoxy) is 4. The average molecular weight is 461 g/mol. The van der Waals surface area contributed by atoms with E-state index in [9.17, 15) is 9.59 Å². The summed E-state index contributed by atoms with van der Waals surface area (Å²) in [7, 11) is -2.04. The highest BCUT2D eigenvalue weighted by Gasteiger charge is 2.54. The fourth-order valence-corrected chi connectivity index (χ4v) is 5.19. The van der Waals surface area contributed by atoms with Gasteiger partial charge in [0.2, 0.25) is 0 Å². The molecule has 2 rings (SSSR count). The summed E-state index contributed by atoms with van der Waals surface area (Å²) in [5.74, 6) is -1.29. The third kappa shape index (κ3) is 6.17. The van der Waals surface area contributed by atoms with Crippen LogP contribution in [0.4, 0.5) is 0 Å². The molecule has 0 radical (unpaired) electrons. The third-order valence-electron chi connectivity index (χ3n) is 5.64. The Hall–Kier alpha value is -0.713. The van der Waals surface area contributed by atoms with Crippen molar-refractivity contribution in [3.05, 3.63) is 11.6 Å². The Morgan fingerprint density at radius 3 is 2.43 bits per heavy atom. The lowest BCUT2D eigenvalue weighted by molar-refractivity contribution is -0.200. The third-order valence-corrected chi connectivity index (χ3v) is 11.2. The summed E-state index contributed by atoms with van der Waals surface area (Å²) in [6.45, 7) is 18.3. The number of hydrogen-bond acceptors (Lipinski definition) is 8. The fraction of sp³-hybridized carbons (Fsp3) is 0.810. The van der Waals surface area contributed by atoms with Gasteiger partial charge in [-0.25, -0.2) is 4.79 Å². The van der Waals surface area contributed by atoms with Crippen LogP contribution in [-0.4, -0.2) is 62.2 Å². The van der Waals surface area contributed by atoms with E-state index in [-0.39, 0.29) is 22.0 Å². The summed E-state index contributed by atoms with van der Waals surface area (Å²) < 4.78 is 29.5. The van der Waals surface area contributed by atoms with Gasteiger partial charge in [-0.1, -0.05) is 32.5 Å². The van der Waals surface area contributed by atoms with Crippen molar-refractivity contribution in [1.29, 1.82) is 0 Å². The number of thioether (sulfide) groups is 1. The van der Waals surface area contributed by atoms with Gasteiger partial charge < -0.3 is 23.4 Å². The summed E-state index contributed by atoms with van der Waals surface area (Å²) in [4.78, 5) is 24.2. The summed E-state index contributed by atoms with van der Waals surface area (Å²) in [6, 6.07) is 0. The van der Waals surface area contributed by atoms with E-state index in [0.29, 0.717) is 12.2 Å². The van der Waals surface area contributed by atoms with Gasteiger partial charge in [0.05, 0.1) is 18.0 Å². The molecule has 0 saturated carbocycles. The number of rotatable bonds is 7. The second kappa shape index (κ2) is 9.42. The van der Waals surface area contributed by atoms with Crippen LogP contribution in [0, 0.1) is 0 Å². The zero-order valence-corrected chi connectivity index (χ0v) is 21.4. The van der Waals surface area contributed by atoms with Gasteiger partial charge in [-0.15, -0.1) is 0 Å².